The van der Waals surface area contributed by atoms with E-state index in [1.165, 1.54) is 18.2 Å². The molecule has 2 fully saturated rings. The molecule has 0 amide bonds. The molecule has 2 unspecified atom stereocenters. The van der Waals surface area contributed by atoms with E-state index in [-0.39, 0.29) is 33.6 Å². The molecule has 2 aliphatic rings. The zero-order valence-electron chi connectivity index (χ0n) is 16.8. The molecule has 3 atom stereocenters. The molecule has 0 bridgehead atoms. The average Bonchev–Trinajstić information content (AvgIpc) is 3.36. The number of anilines is 2. The third-order valence-corrected chi connectivity index (χ3v) is 6.24. The van der Waals surface area contributed by atoms with Crippen molar-refractivity contribution in [1.29, 1.82) is 0 Å². The van der Waals surface area contributed by atoms with Crippen LogP contribution in [0.3, 0.4) is 0 Å². The molecule has 2 N–H and O–H groups in total. The molecule has 3 aromatic heterocycles. The summed E-state index contributed by atoms with van der Waals surface area (Å²) < 4.78 is 30.1. The zero-order valence-corrected chi connectivity index (χ0v) is 17.6. The van der Waals surface area contributed by atoms with Gasteiger partial charge < -0.3 is 15.3 Å². The van der Waals surface area contributed by atoms with Gasteiger partial charge in [0.05, 0.1) is 11.7 Å². The summed E-state index contributed by atoms with van der Waals surface area (Å²) in [6.45, 7) is 2.91. The second-order valence-electron chi connectivity index (χ2n) is 8.22. The van der Waals surface area contributed by atoms with Gasteiger partial charge in [0.15, 0.2) is 11.5 Å². The van der Waals surface area contributed by atoms with Crippen LogP contribution >= 0.6 is 11.6 Å². The summed E-state index contributed by atoms with van der Waals surface area (Å²) >= 11 is 5.80. The summed E-state index contributed by atoms with van der Waals surface area (Å²) in [7, 11) is 0. The molecular formula is C21H18ClF2N5O3. The van der Waals surface area contributed by atoms with Gasteiger partial charge in [0.25, 0.3) is 5.56 Å². The maximum absolute atomic E-state index is 14.9. The molecule has 0 spiro atoms. The van der Waals surface area contributed by atoms with Crippen molar-refractivity contribution in [2.24, 2.45) is 11.8 Å². The third kappa shape index (κ3) is 3.44. The lowest BCUT2D eigenvalue weighted by atomic mass is 10.1. The van der Waals surface area contributed by atoms with Crippen LogP contribution in [0.4, 0.5) is 20.3 Å². The van der Waals surface area contributed by atoms with E-state index in [0.717, 1.165) is 17.0 Å². The summed E-state index contributed by atoms with van der Waals surface area (Å²) in [4.78, 5) is 34.2. The van der Waals surface area contributed by atoms with Crippen molar-refractivity contribution >= 4 is 34.7 Å². The highest BCUT2D eigenvalue weighted by Gasteiger charge is 2.46. The quantitative estimate of drug-likeness (QED) is 0.562. The minimum atomic E-state index is -1.29. The first-order valence-corrected chi connectivity index (χ1v) is 10.4. The number of hydrogen-bond acceptors (Lipinski definition) is 6. The van der Waals surface area contributed by atoms with Gasteiger partial charge in [-0.05, 0) is 43.4 Å². The molecule has 1 saturated carbocycles. The number of carbonyl (C=O) groups is 1. The van der Waals surface area contributed by atoms with Crippen molar-refractivity contribution in [2.75, 3.05) is 23.3 Å². The number of carboxylic acids is 1. The van der Waals surface area contributed by atoms with E-state index in [9.17, 15) is 23.5 Å². The Labute approximate surface area is 185 Å². The Morgan fingerprint density at radius 1 is 1.28 bits per heavy atom. The molecule has 1 aliphatic carbocycles. The van der Waals surface area contributed by atoms with Gasteiger partial charge >= 0.3 is 5.97 Å². The second kappa shape index (κ2) is 7.40. The standard InChI is InChI=1S/C21H18ClF2N5O3/c1-9(25-14-2-3-15(22)26-17(14)21(31)32)13-5-12(23)8-29-18(13)27-19(16(24)20(29)30)28-6-10-4-11(10)7-28/h2-3,5,8-11,25H,4,6-7H2,1H3,(H,31,32)/t9-,10?,11?/m1/s1. The number of carboxylic acid groups (broad SMARTS) is 1. The second-order valence-corrected chi connectivity index (χ2v) is 8.61. The average molecular weight is 462 g/mol. The van der Waals surface area contributed by atoms with Crippen LogP contribution in [0.25, 0.3) is 5.65 Å². The highest BCUT2D eigenvalue weighted by Crippen LogP contribution is 2.46. The fourth-order valence-corrected chi connectivity index (χ4v) is 4.47. The predicted molar refractivity (Wildman–Crippen MR) is 113 cm³/mol. The fourth-order valence-electron chi connectivity index (χ4n) is 4.32. The Hall–Kier alpha value is -3.27. The molecular weight excluding hydrogens is 444 g/mol. The van der Waals surface area contributed by atoms with Crippen molar-refractivity contribution in [3.8, 4) is 0 Å². The van der Waals surface area contributed by atoms with Gasteiger partial charge in [-0.3, -0.25) is 9.20 Å². The first-order valence-electron chi connectivity index (χ1n) is 10.1. The molecule has 3 aromatic rings. The van der Waals surface area contributed by atoms with Gasteiger partial charge in [-0.25, -0.2) is 19.2 Å². The number of aromatic carboxylic acids is 1. The first kappa shape index (κ1) is 20.6. The summed E-state index contributed by atoms with van der Waals surface area (Å²) in [6.07, 6.45) is 1.99. The Balaban J connectivity index is 1.60. The molecule has 1 saturated heterocycles. The van der Waals surface area contributed by atoms with Crippen molar-refractivity contribution in [3.05, 3.63) is 62.8 Å². The van der Waals surface area contributed by atoms with Crippen molar-refractivity contribution < 1.29 is 18.7 Å². The van der Waals surface area contributed by atoms with Gasteiger partial charge in [-0.15, -0.1) is 0 Å². The number of aromatic nitrogens is 3. The number of hydrogen-bond donors (Lipinski definition) is 2. The molecule has 0 radical (unpaired) electrons. The van der Waals surface area contributed by atoms with E-state index in [2.05, 4.69) is 15.3 Å². The number of rotatable bonds is 5. The summed E-state index contributed by atoms with van der Waals surface area (Å²) in [5, 5.41) is 12.4. The topological polar surface area (TPSA) is 99.8 Å². The van der Waals surface area contributed by atoms with Crippen LogP contribution in [0, 0.1) is 23.5 Å². The highest BCUT2D eigenvalue weighted by molar-refractivity contribution is 6.29. The smallest absolute Gasteiger partial charge is 0.356 e. The van der Waals surface area contributed by atoms with Gasteiger partial charge in [0, 0.05) is 24.8 Å². The van der Waals surface area contributed by atoms with E-state index in [4.69, 9.17) is 11.6 Å². The minimum absolute atomic E-state index is 0.00815. The largest absolute Gasteiger partial charge is 0.476 e. The Kier molecular flexibility index (Phi) is 4.77. The molecule has 8 nitrogen and oxygen atoms in total. The summed E-state index contributed by atoms with van der Waals surface area (Å²) in [5.41, 5.74) is -0.789. The monoisotopic (exact) mass is 461 g/mol. The fraction of sp³-hybridized carbons (Fsp3) is 0.333. The summed E-state index contributed by atoms with van der Waals surface area (Å²) in [6, 6.07) is 3.35. The van der Waals surface area contributed by atoms with Gasteiger partial charge in [-0.1, -0.05) is 11.6 Å². The lowest BCUT2D eigenvalue weighted by molar-refractivity contribution is 0.0691. The molecule has 166 valence electrons. The zero-order chi connectivity index (χ0) is 22.7. The van der Waals surface area contributed by atoms with Gasteiger partial charge in [0.2, 0.25) is 5.82 Å². The molecule has 4 heterocycles. The number of halogens is 3. The normalized spacial score (nSPS) is 20.3. The summed E-state index contributed by atoms with van der Waals surface area (Å²) in [5.74, 6) is -2.12. The number of pyridine rings is 2. The SMILES string of the molecule is C[C@@H](Nc1ccc(Cl)nc1C(=O)O)c1cc(F)cn2c(=O)c(F)c(N3CC4CC4C3)nc12. The molecule has 5 rings (SSSR count). The Morgan fingerprint density at radius 2 is 2.00 bits per heavy atom. The van der Waals surface area contributed by atoms with Crippen LogP contribution in [0.15, 0.2) is 29.2 Å². The Morgan fingerprint density at radius 3 is 2.69 bits per heavy atom. The van der Waals surface area contributed by atoms with Crippen LogP contribution in [-0.2, 0) is 0 Å². The van der Waals surface area contributed by atoms with E-state index in [1.54, 1.807) is 11.8 Å². The number of piperidine rings is 1. The van der Waals surface area contributed by atoms with Crippen LogP contribution in [0.1, 0.15) is 35.4 Å². The third-order valence-electron chi connectivity index (χ3n) is 6.03. The Bertz CT molecular complexity index is 1320. The van der Waals surface area contributed by atoms with Crippen molar-refractivity contribution in [1.82, 2.24) is 14.4 Å². The van der Waals surface area contributed by atoms with Gasteiger partial charge in [-0.2, -0.15) is 4.39 Å². The maximum Gasteiger partial charge on any atom is 0.356 e. The number of fused-ring (bicyclic) bond motifs is 2. The van der Waals surface area contributed by atoms with Crippen LogP contribution in [-0.4, -0.2) is 38.5 Å². The van der Waals surface area contributed by atoms with Gasteiger partial charge in [0.1, 0.15) is 16.6 Å². The van der Waals surface area contributed by atoms with Crippen LogP contribution in [0.2, 0.25) is 5.15 Å². The molecule has 0 aromatic carbocycles. The molecule has 1 aliphatic heterocycles. The van der Waals surface area contributed by atoms with E-state index >= 15 is 0 Å². The number of nitrogens with zero attached hydrogens (tertiary/aromatic N) is 4. The van der Waals surface area contributed by atoms with E-state index in [1.807, 2.05) is 0 Å². The first-order chi connectivity index (χ1) is 15.2. The maximum atomic E-state index is 14.9. The molecule has 32 heavy (non-hydrogen) atoms. The predicted octanol–water partition coefficient (Wildman–Crippen LogP) is 3.35. The lowest BCUT2D eigenvalue weighted by Crippen LogP contribution is -2.30. The lowest BCUT2D eigenvalue weighted by Gasteiger charge is -2.22. The van der Waals surface area contributed by atoms with Crippen molar-refractivity contribution in [3.63, 3.8) is 0 Å². The van der Waals surface area contributed by atoms with E-state index < -0.39 is 29.2 Å². The van der Waals surface area contributed by atoms with Crippen LogP contribution in [0.5, 0.6) is 0 Å². The minimum Gasteiger partial charge on any atom is -0.476 e. The van der Waals surface area contributed by atoms with E-state index in [0.29, 0.717) is 24.9 Å². The van der Waals surface area contributed by atoms with Crippen molar-refractivity contribution in [2.45, 2.75) is 19.4 Å². The number of nitrogens with one attached hydrogen (secondary N) is 1. The van der Waals surface area contributed by atoms with Crippen LogP contribution < -0.4 is 15.8 Å². The molecule has 11 heteroatoms. The highest BCUT2D eigenvalue weighted by atomic mass is 35.5.